The number of thiazole rings is 1. The minimum Gasteiger partial charge on any atom is -0.388 e. The Morgan fingerprint density at radius 1 is 1.29 bits per heavy atom. The molecule has 10 heteroatoms. The zero-order chi connectivity index (χ0) is 24.1. The number of aliphatic hydroxyl groups excluding tert-OH is 1. The van der Waals surface area contributed by atoms with Gasteiger partial charge in [-0.15, -0.1) is 23.7 Å². The first-order chi connectivity index (χ1) is 15.4. The number of benzene rings is 1. The molecule has 0 bridgehead atoms. The molecule has 0 radical (unpaired) electrons. The summed E-state index contributed by atoms with van der Waals surface area (Å²) in [6, 6.07) is 5.61. The van der Waals surface area contributed by atoms with Crippen molar-refractivity contribution in [2.45, 2.75) is 70.4 Å². The van der Waals surface area contributed by atoms with E-state index in [1.54, 1.807) is 32.1 Å². The number of β-amino-alcohol motifs (C(OH)–C–C–N with tert-alkyl or cyclic N) is 1. The maximum Gasteiger partial charge on any atom is 0.246 e. The van der Waals surface area contributed by atoms with E-state index in [1.165, 1.54) is 0 Å². The number of nitrogens with one attached hydrogen (secondary N) is 1. The average molecular weight is 511 g/mol. The smallest absolute Gasteiger partial charge is 0.246 e. The van der Waals surface area contributed by atoms with Gasteiger partial charge in [0, 0.05) is 0 Å². The third-order valence-corrected chi connectivity index (χ3v) is 7.67. The predicted molar refractivity (Wildman–Crippen MR) is 132 cm³/mol. The van der Waals surface area contributed by atoms with E-state index in [4.69, 9.17) is 5.73 Å². The van der Waals surface area contributed by atoms with Crippen LogP contribution in [0, 0.1) is 12.3 Å². The van der Waals surface area contributed by atoms with E-state index in [9.17, 15) is 19.1 Å². The van der Waals surface area contributed by atoms with Gasteiger partial charge in [-0.1, -0.05) is 45.0 Å². The predicted octanol–water partition coefficient (Wildman–Crippen LogP) is 2.93. The number of carbonyl (C=O) groups excluding carboxylic acids is 2. The topological polar surface area (TPSA) is 109 Å². The number of aromatic nitrogens is 1. The number of rotatable bonds is 5. The van der Waals surface area contributed by atoms with Gasteiger partial charge in [0.15, 0.2) is 6.17 Å². The number of nitrogens with two attached hydrogens (primary N) is 1. The number of hydrogen-bond acceptors (Lipinski definition) is 6. The second-order valence-electron chi connectivity index (χ2n) is 10.2. The molecule has 1 aliphatic carbocycles. The molecule has 4 atom stereocenters. The molecule has 1 aromatic carbocycles. The van der Waals surface area contributed by atoms with Crippen LogP contribution in [-0.2, 0) is 15.1 Å². The fourth-order valence-corrected chi connectivity index (χ4v) is 5.11. The standard InChI is InChI=1S/C24H31FN4O3S.ClH/c1-13-19(33-12-27-13)14-5-7-15(8-6-14)24(9-10-24)28-21(31)18-17(25)16(30)11-29(18)22(32)20(26)23(2,3)4;/h5-8,12,16-18,20,30H,9-11,26H2,1-4H3,(H,28,31);1H/t16-,17-,18-,20+;/m0./s1. The van der Waals surface area contributed by atoms with Crippen LogP contribution in [0.2, 0.25) is 0 Å². The molecular weight excluding hydrogens is 479 g/mol. The van der Waals surface area contributed by atoms with Crippen molar-refractivity contribution in [1.29, 1.82) is 0 Å². The first-order valence-corrected chi connectivity index (χ1v) is 12.0. The number of amides is 2. The average Bonchev–Trinajstić information content (AvgIpc) is 3.31. The van der Waals surface area contributed by atoms with Gasteiger partial charge in [-0.25, -0.2) is 9.37 Å². The zero-order valence-corrected chi connectivity index (χ0v) is 21.4. The molecule has 2 aromatic rings. The van der Waals surface area contributed by atoms with Crippen LogP contribution in [0.1, 0.15) is 44.9 Å². The molecule has 2 amide bonds. The molecule has 0 unspecified atom stereocenters. The highest BCUT2D eigenvalue weighted by Crippen LogP contribution is 2.46. The van der Waals surface area contributed by atoms with Crippen LogP contribution in [0.4, 0.5) is 4.39 Å². The summed E-state index contributed by atoms with van der Waals surface area (Å²) in [6.07, 6.45) is -1.85. The van der Waals surface area contributed by atoms with Crippen LogP contribution in [0.3, 0.4) is 0 Å². The molecule has 186 valence electrons. The molecule has 4 rings (SSSR count). The van der Waals surface area contributed by atoms with E-state index in [1.807, 2.05) is 36.7 Å². The number of aliphatic hydroxyl groups is 1. The van der Waals surface area contributed by atoms with E-state index in [-0.39, 0.29) is 19.0 Å². The Morgan fingerprint density at radius 2 is 1.91 bits per heavy atom. The van der Waals surface area contributed by atoms with Crippen LogP contribution >= 0.6 is 23.7 Å². The minimum absolute atomic E-state index is 0. The van der Waals surface area contributed by atoms with Gasteiger partial charge in [-0.05, 0) is 36.3 Å². The van der Waals surface area contributed by atoms with Crippen molar-refractivity contribution in [3.63, 3.8) is 0 Å². The van der Waals surface area contributed by atoms with Gasteiger partial charge in [0.25, 0.3) is 0 Å². The molecule has 2 fully saturated rings. The van der Waals surface area contributed by atoms with Gasteiger partial charge < -0.3 is 21.1 Å². The molecule has 1 aliphatic heterocycles. The number of aryl methyl sites for hydroxylation is 1. The Morgan fingerprint density at radius 3 is 2.41 bits per heavy atom. The summed E-state index contributed by atoms with van der Waals surface area (Å²) in [5.41, 5.74) is 9.70. The normalized spacial score (nSPS) is 24.3. The van der Waals surface area contributed by atoms with Gasteiger partial charge in [-0.2, -0.15) is 0 Å². The number of alkyl halides is 1. The van der Waals surface area contributed by atoms with Gasteiger partial charge in [-0.3, -0.25) is 9.59 Å². The third kappa shape index (κ3) is 4.84. The van der Waals surface area contributed by atoms with Crippen molar-refractivity contribution in [2.24, 2.45) is 11.1 Å². The van der Waals surface area contributed by atoms with E-state index in [0.717, 1.165) is 39.4 Å². The highest BCUT2D eigenvalue weighted by molar-refractivity contribution is 7.13. The molecule has 1 saturated heterocycles. The lowest BCUT2D eigenvalue weighted by molar-refractivity contribution is -0.142. The Labute approximate surface area is 209 Å². The molecule has 0 spiro atoms. The summed E-state index contributed by atoms with van der Waals surface area (Å²) >= 11 is 1.57. The zero-order valence-electron chi connectivity index (χ0n) is 19.7. The molecule has 1 saturated carbocycles. The van der Waals surface area contributed by atoms with Gasteiger partial charge in [0.1, 0.15) is 12.1 Å². The Bertz CT molecular complexity index is 1050. The highest BCUT2D eigenvalue weighted by Gasteiger charge is 2.53. The van der Waals surface area contributed by atoms with Crippen LogP contribution in [0.25, 0.3) is 10.4 Å². The summed E-state index contributed by atoms with van der Waals surface area (Å²) in [7, 11) is 0. The molecule has 34 heavy (non-hydrogen) atoms. The van der Waals surface area contributed by atoms with Gasteiger partial charge in [0.05, 0.1) is 34.2 Å². The Kier molecular flexibility index (Phi) is 7.43. The van der Waals surface area contributed by atoms with Gasteiger partial charge >= 0.3 is 0 Å². The summed E-state index contributed by atoms with van der Waals surface area (Å²) in [5.74, 6) is -1.13. The minimum atomic E-state index is -1.87. The first kappa shape index (κ1) is 26.5. The number of hydrogen-bond donors (Lipinski definition) is 3. The lowest BCUT2D eigenvalue weighted by Gasteiger charge is -2.33. The fraction of sp³-hybridized carbons (Fsp3) is 0.542. The van der Waals surface area contributed by atoms with Crippen LogP contribution in [-0.4, -0.2) is 57.7 Å². The number of halogens is 2. The Balaban J connectivity index is 0.00000324. The summed E-state index contributed by atoms with van der Waals surface area (Å²) in [5, 5.41) is 13.1. The van der Waals surface area contributed by atoms with E-state index < -0.39 is 47.1 Å². The van der Waals surface area contributed by atoms with Crippen LogP contribution in [0.15, 0.2) is 29.8 Å². The monoisotopic (exact) mass is 510 g/mol. The van der Waals surface area contributed by atoms with Gasteiger partial charge in [0.2, 0.25) is 11.8 Å². The second-order valence-corrected chi connectivity index (χ2v) is 11.1. The highest BCUT2D eigenvalue weighted by atomic mass is 35.5. The quantitative estimate of drug-likeness (QED) is 0.573. The molecule has 2 aliphatic rings. The van der Waals surface area contributed by atoms with Crippen molar-refractivity contribution in [3.05, 3.63) is 41.0 Å². The first-order valence-electron chi connectivity index (χ1n) is 11.2. The maximum atomic E-state index is 14.9. The SMILES string of the molecule is Cc1ncsc1-c1ccc(C2(NC(=O)[C@@H]3[C@@H](F)[C@@H](O)CN3C(=O)[C@@H](N)C(C)(C)C)CC2)cc1.Cl. The number of carbonyl (C=O) groups is 2. The maximum absolute atomic E-state index is 14.9. The van der Waals surface area contributed by atoms with E-state index >= 15 is 0 Å². The van der Waals surface area contributed by atoms with Crippen molar-refractivity contribution in [1.82, 2.24) is 15.2 Å². The van der Waals surface area contributed by atoms with E-state index in [2.05, 4.69) is 10.3 Å². The van der Waals surface area contributed by atoms with Crippen molar-refractivity contribution in [3.8, 4) is 10.4 Å². The van der Waals surface area contributed by atoms with Crippen LogP contribution in [0.5, 0.6) is 0 Å². The number of nitrogens with zero attached hydrogens (tertiary/aromatic N) is 2. The Hall–Kier alpha value is -2.07. The summed E-state index contributed by atoms with van der Waals surface area (Å²) in [4.78, 5) is 32.7. The largest absolute Gasteiger partial charge is 0.388 e. The van der Waals surface area contributed by atoms with Crippen LogP contribution < -0.4 is 11.1 Å². The van der Waals surface area contributed by atoms with Crippen molar-refractivity contribution in [2.75, 3.05) is 6.54 Å². The third-order valence-electron chi connectivity index (χ3n) is 6.70. The molecule has 1 aromatic heterocycles. The molecular formula is C24H32ClFN4O3S. The summed E-state index contributed by atoms with van der Waals surface area (Å²) in [6.45, 7) is 7.13. The molecule has 2 heterocycles. The van der Waals surface area contributed by atoms with Crippen molar-refractivity contribution < 1.29 is 19.1 Å². The lowest BCUT2D eigenvalue weighted by atomic mass is 9.86. The lowest BCUT2D eigenvalue weighted by Crippen LogP contribution is -2.57. The number of likely N-dealkylation sites (tertiary alicyclic amines) is 1. The van der Waals surface area contributed by atoms with E-state index in [0.29, 0.717) is 0 Å². The summed E-state index contributed by atoms with van der Waals surface area (Å²) < 4.78 is 14.9. The van der Waals surface area contributed by atoms with Crippen molar-refractivity contribution >= 4 is 35.6 Å². The second kappa shape index (κ2) is 9.53. The fourth-order valence-electron chi connectivity index (χ4n) is 4.30. The molecule has 4 N–H and O–H groups in total. The molecule has 7 nitrogen and oxygen atoms in total.